The molecule has 0 heterocycles. The molecule has 3 amide bonds. The lowest BCUT2D eigenvalue weighted by atomic mass is 9.98. The molecular weight excluding hydrogens is 405 g/mol. The first kappa shape index (κ1) is 17.3. The molecule has 2 rings (SSSR count). The molecule has 120 valence electrons. The summed E-state index contributed by atoms with van der Waals surface area (Å²) in [6.45, 7) is 1.93. The summed E-state index contributed by atoms with van der Waals surface area (Å²) >= 11 is 2.18. The Bertz CT molecular complexity index is 718. The second-order valence-electron chi connectivity index (χ2n) is 5.18. The SMILES string of the molecule is Cc1ccccc1C(CC(=O)Nc1cccc(I)c1)NC(N)=O. The van der Waals surface area contributed by atoms with Crippen LogP contribution in [0, 0.1) is 10.5 Å². The molecule has 0 radical (unpaired) electrons. The number of aryl methyl sites for hydroxylation is 1. The summed E-state index contributed by atoms with van der Waals surface area (Å²) in [4.78, 5) is 23.6. The minimum absolute atomic E-state index is 0.110. The molecule has 0 fully saturated rings. The molecule has 0 spiro atoms. The van der Waals surface area contributed by atoms with Crippen LogP contribution in [0.4, 0.5) is 10.5 Å². The van der Waals surface area contributed by atoms with Gasteiger partial charge in [0.15, 0.2) is 0 Å². The largest absolute Gasteiger partial charge is 0.352 e. The first-order valence-electron chi connectivity index (χ1n) is 7.12. The molecule has 0 aromatic heterocycles. The van der Waals surface area contributed by atoms with Crippen molar-refractivity contribution in [3.8, 4) is 0 Å². The molecule has 6 heteroatoms. The summed E-state index contributed by atoms with van der Waals surface area (Å²) in [7, 11) is 0. The Hall–Kier alpha value is -2.09. The number of benzene rings is 2. The molecule has 4 N–H and O–H groups in total. The fourth-order valence-electron chi connectivity index (χ4n) is 2.35. The molecule has 0 aliphatic carbocycles. The highest BCUT2D eigenvalue weighted by atomic mass is 127. The molecule has 0 saturated heterocycles. The molecule has 1 unspecified atom stereocenters. The highest BCUT2D eigenvalue weighted by Crippen LogP contribution is 2.21. The van der Waals surface area contributed by atoms with E-state index < -0.39 is 12.1 Å². The fourth-order valence-corrected chi connectivity index (χ4v) is 2.89. The number of urea groups is 1. The second-order valence-corrected chi connectivity index (χ2v) is 6.43. The molecule has 0 aliphatic rings. The van der Waals surface area contributed by atoms with E-state index in [-0.39, 0.29) is 12.3 Å². The Kier molecular flexibility index (Phi) is 5.97. The summed E-state index contributed by atoms with van der Waals surface area (Å²) in [6, 6.07) is 14.0. The molecule has 0 aliphatic heterocycles. The first-order valence-corrected chi connectivity index (χ1v) is 8.20. The number of amides is 3. The molecule has 0 saturated carbocycles. The van der Waals surface area contributed by atoms with E-state index in [4.69, 9.17) is 5.73 Å². The van der Waals surface area contributed by atoms with Crippen molar-refractivity contribution in [2.75, 3.05) is 5.32 Å². The lowest BCUT2D eigenvalue weighted by molar-refractivity contribution is -0.116. The average Bonchev–Trinajstić information content (AvgIpc) is 2.46. The lowest BCUT2D eigenvalue weighted by Crippen LogP contribution is -2.35. The van der Waals surface area contributed by atoms with Crippen molar-refractivity contribution in [3.05, 3.63) is 63.2 Å². The lowest BCUT2D eigenvalue weighted by Gasteiger charge is -2.19. The average molecular weight is 423 g/mol. The van der Waals surface area contributed by atoms with Gasteiger partial charge < -0.3 is 16.4 Å². The van der Waals surface area contributed by atoms with Gasteiger partial charge in [0.05, 0.1) is 12.5 Å². The van der Waals surface area contributed by atoms with E-state index in [0.29, 0.717) is 0 Å². The van der Waals surface area contributed by atoms with Gasteiger partial charge in [0.25, 0.3) is 0 Å². The van der Waals surface area contributed by atoms with E-state index in [2.05, 4.69) is 33.2 Å². The third-order valence-electron chi connectivity index (χ3n) is 3.38. The topological polar surface area (TPSA) is 84.2 Å². The summed E-state index contributed by atoms with van der Waals surface area (Å²) in [6.07, 6.45) is 0.110. The zero-order chi connectivity index (χ0) is 16.8. The summed E-state index contributed by atoms with van der Waals surface area (Å²) in [5.41, 5.74) is 7.85. The van der Waals surface area contributed by atoms with Crippen molar-refractivity contribution >= 4 is 40.2 Å². The van der Waals surface area contributed by atoms with Gasteiger partial charge in [-0.1, -0.05) is 30.3 Å². The number of primary amides is 1. The van der Waals surface area contributed by atoms with Crippen LogP contribution >= 0.6 is 22.6 Å². The number of hydrogen-bond acceptors (Lipinski definition) is 2. The highest BCUT2D eigenvalue weighted by Gasteiger charge is 2.19. The molecule has 0 bridgehead atoms. The Balaban J connectivity index is 2.13. The number of rotatable bonds is 5. The maximum absolute atomic E-state index is 12.3. The van der Waals surface area contributed by atoms with Crippen LogP contribution in [0.3, 0.4) is 0 Å². The van der Waals surface area contributed by atoms with E-state index in [1.165, 1.54) is 0 Å². The van der Waals surface area contributed by atoms with E-state index in [1.54, 1.807) is 0 Å². The number of carbonyl (C=O) groups is 2. The first-order chi connectivity index (χ1) is 11.0. The zero-order valence-corrected chi connectivity index (χ0v) is 14.8. The van der Waals surface area contributed by atoms with E-state index in [0.717, 1.165) is 20.4 Å². The van der Waals surface area contributed by atoms with Crippen molar-refractivity contribution in [1.82, 2.24) is 5.32 Å². The van der Waals surface area contributed by atoms with Crippen LogP contribution < -0.4 is 16.4 Å². The van der Waals surface area contributed by atoms with Gasteiger partial charge in [0.1, 0.15) is 0 Å². The van der Waals surface area contributed by atoms with E-state index in [9.17, 15) is 9.59 Å². The van der Waals surface area contributed by atoms with Crippen molar-refractivity contribution in [2.24, 2.45) is 5.73 Å². The Morgan fingerprint density at radius 1 is 1.17 bits per heavy atom. The van der Waals surface area contributed by atoms with Crippen LogP contribution in [-0.4, -0.2) is 11.9 Å². The Morgan fingerprint density at radius 2 is 1.91 bits per heavy atom. The van der Waals surface area contributed by atoms with E-state index >= 15 is 0 Å². The fraction of sp³-hybridized carbons (Fsp3) is 0.176. The summed E-state index contributed by atoms with van der Waals surface area (Å²) < 4.78 is 1.03. The molecule has 2 aromatic rings. The maximum Gasteiger partial charge on any atom is 0.312 e. The van der Waals surface area contributed by atoms with Gasteiger partial charge in [-0.05, 0) is 58.8 Å². The quantitative estimate of drug-likeness (QED) is 0.645. The van der Waals surface area contributed by atoms with Crippen molar-refractivity contribution in [3.63, 3.8) is 0 Å². The summed E-state index contributed by atoms with van der Waals surface area (Å²) in [5.74, 6) is -0.186. The van der Waals surface area contributed by atoms with Crippen LogP contribution in [0.1, 0.15) is 23.6 Å². The number of nitrogens with two attached hydrogens (primary N) is 1. The van der Waals surface area contributed by atoms with Crippen LogP contribution in [0.2, 0.25) is 0 Å². The van der Waals surface area contributed by atoms with Gasteiger partial charge in [0, 0.05) is 9.26 Å². The van der Waals surface area contributed by atoms with Crippen LogP contribution in [0.25, 0.3) is 0 Å². The summed E-state index contributed by atoms with van der Waals surface area (Å²) in [5, 5.41) is 5.48. The van der Waals surface area contributed by atoms with Crippen LogP contribution in [0.15, 0.2) is 48.5 Å². The Morgan fingerprint density at radius 3 is 2.57 bits per heavy atom. The van der Waals surface area contributed by atoms with Gasteiger partial charge in [-0.2, -0.15) is 0 Å². The Labute approximate surface area is 148 Å². The number of hydrogen-bond donors (Lipinski definition) is 3. The van der Waals surface area contributed by atoms with Crippen molar-refractivity contribution < 1.29 is 9.59 Å². The van der Waals surface area contributed by atoms with E-state index in [1.807, 2.05) is 55.5 Å². The molecule has 1 atom stereocenters. The van der Waals surface area contributed by atoms with Crippen LogP contribution in [-0.2, 0) is 4.79 Å². The van der Waals surface area contributed by atoms with Gasteiger partial charge in [-0.3, -0.25) is 4.79 Å². The number of halogens is 1. The zero-order valence-electron chi connectivity index (χ0n) is 12.7. The second kappa shape index (κ2) is 7.96. The minimum atomic E-state index is -0.652. The molecular formula is C17H18IN3O2. The van der Waals surface area contributed by atoms with Gasteiger partial charge in [-0.25, -0.2) is 4.79 Å². The van der Waals surface area contributed by atoms with Crippen molar-refractivity contribution in [1.29, 1.82) is 0 Å². The van der Waals surface area contributed by atoms with Gasteiger partial charge in [-0.15, -0.1) is 0 Å². The predicted octanol–water partition coefficient (Wildman–Crippen LogP) is 3.34. The van der Waals surface area contributed by atoms with Crippen molar-refractivity contribution in [2.45, 2.75) is 19.4 Å². The monoisotopic (exact) mass is 423 g/mol. The molecule has 2 aromatic carbocycles. The van der Waals surface area contributed by atoms with Gasteiger partial charge in [0.2, 0.25) is 5.91 Å². The standard InChI is InChI=1S/C17H18IN3O2/c1-11-5-2-3-8-14(11)15(21-17(19)23)10-16(22)20-13-7-4-6-12(18)9-13/h2-9,15H,10H2,1H3,(H,20,22)(H3,19,21,23). The van der Waals surface area contributed by atoms with Gasteiger partial charge >= 0.3 is 6.03 Å². The highest BCUT2D eigenvalue weighted by molar-refractivity contribution is 14.1. The number of nitrogens with one attached hydrogen (secondary N) is 2. The third-order valence-corrected chi connectivity index (χ3v) is 4.05. The molecule has 5 nitrogen and oxygen atoms in total. The smallest absolute Gasteiger partial charge is 0.312 e. The number of carbonyl (C=O) groups excluding carboxylic acids is 2. The normalized spacial score (nSPS) is 11.6. The maximum atomic E-state index is 12.3. The third kappa shape index (κ3) is 5.24. The minimum Gasteiger partial charge on any atom is -0.352 e. The van der Waals surface area contributed by atoms with Crippen LogP contribution in [0.5, 0.6) is 0 Å². The number of anilines is 1. The predicted molar refractivity (Wildman–Crippen MR) is 99.0 cm³/mol. The molecule has 23 heavy (non-hydrogen) atoms.